The molecule has 0 radical (unpaired) electrons. The number of likely N-dealkylation sites (N-methyl/N-ethyl adjacent to an activating group) is 1. The Kier molecular flexibility index (Phi) is 36.2. The number of nitrogens with zero attached hydrogens (tertiary/aromatic N) is 2. The van der Waals surface area contributed by atoms with Crippen LogP contribution in [-0.4, -0.2) is 291 Å². The summed E-state index contributed by atoms with van der Waals surface area (Å²) >= 11 is 0. The van der Waals surface area contributed by atoms with Crippen LogP contribution in [-0.2, 0) is 81.3 Å². The Morgan fingerprint density at radius 2 is 1.41 bits per heavy atom. The van der Waals surface area contributed by atoms with Crippen LogP contribution in [0.15, 0.2) is 48.1 Å². The van der Waals surface area contributed by atoms with Crippen LogP contribution in [0.1, 0.15) is 127 Å². The highest BCUT2D eigenvalue weighted by molar-refractivity contribution is 6.00. The number of benzene rings is 1. The number of allylic oxidation sites excluding steroid dienone is 3. The number of carbonyl (C=O) groups excluding carboxylic acids is 13. The number of piperidine rings is 1. The van der Waals surface area contributed by atoms with Gasteiger partial charge < -0.3 is 129 Å². The Balaban J connectivity index is 1.83. The van der Waals surface area contributed by atoms with Gasteiger partial charge in [-0.15, -0.1) is 0 Å². The van der Waals surface area contributed by atoms with Gasteiger partial charge in [0.25, 0.3) is 5.91 Å². The quantitative estimate of drug-likeness (QED) is 0.0262. The fraction of sp³-hybridized carbons (Fsp3) is 0.681. The molecular weight excluding hydrogens is 1450 g/mol. The second-order valence-corrected chi connectivity index (χ2v) is 28.9. The minimum atomic E-state index is -2.48. The Hall–Kier alpha value is -8.83. The molecule has 3 fully saturated rings. The summed E-state index contributed by atoms with van der Waals surface area (Å²) in [7, 11) is 3.47. The van der Waals surface area contributed by atoms with Crippen molar-refractivity contribution in [1.29, 1.82) is 0 Å². The van der Waals surface area contributed by atoms with Crippen LogP contribution < -0.4 is 64.1 Å². The molecule has 1 aromatic carbocycles. The van der Waals surface area contributed by atoms with Gasteiger partial charge in [0.1, 0.15) is 96.7 Å². The van der Waals surface area contributed by atoms with E-state index in [0.29, 0.717) is 0 Å². The van der Waals surface area contributed by atoms with Gasteiger partial charge in [-0.05, 0) is 103 Å². The second-order valence-electron chi connectivity index (χ2n) is 28.9. The Bertz CT molecular complexity index is 3430. The first kappa shape index (κ1) is 93.5. The maximum absolute atomic E-state index is 15.7. The lowest BCUT2D eigenvalue weighted by molar-refractivity contribution is -0.268. The van der Waals surface area contributed by atoms with Crippen molar-refractivity contribution in [2.45, 2.75) is 243 Å². The molecule has 12 amide bonds. The smallest absolute Gasteiger partial charge is 0.329 e. The maximum atomic E-state index is 15.7. The van der Waals surface area contributed by atoms with Crippen LogP contribution in [0, 0.1) is 23.7 Å². The number of primary amides is 1. The lowest BCUT2D eigenvalue weighted by Gasteiger charge is -2.40. The highest BCUT2D eigenvalue weighted by Crippen LogP contribution is 2.31. The molecule has 3 aliphatic rings. The molecule has 20 N–H and O–H groups in total. The van der Waals surface area contributed by atoms with Crippen molar-refractivity contribution in [3.63, 3.8) is 0 Å². The van der Waals surface area contributed by atoms with Gasteiger partial charge in [0, 0.05) is 39.8 Å². The van der Waals surface area contributed by atoms with Crippen molar-refractivity contribution in [3.05, 3.63) is 53.6 Å². The van der Waals surface area contributed by atoms with E-state index in [9.17, 15) is 78.9 Å². The largest absolute Gasteiger partial charge is 0.462 e. The van der Waals surface area contributed by atoms with Gasteiger partial charge in [0.15, 0.2) is 5.60 Å². The van der Waals surface area contributed by atoms with Crippen molar-refractivity contribution >= 4 is 76.9 Å². The van der Waals surface area contributed by atoms with E-state index in [2.05, 4.69) is 47.9 Å². The lowest BCUT2D eigenvalue weighted by Crippen LogP contribution is -2.66. The zero-order chi connectivity index (χ0) is 83.3. The van der Waals surface area contributed by atoms with Crippen molar-refractivity contribution in [2.24, 2.45) is 35.1 Å². The minimum absolute atomic E-state index is 0.0365. The Labute approximate surface area is 638 Å². The van der Waals surface area contributed by atoms with E-state index in [0.717, 1.165) is 49.8 Å². The number of esters is 1. The Morgan fingerprint density at radius 1 is 0.791 bits per heavy atom. The van der Waals surface area contributed by atoms with Gasteiger partial charge in [0.05, 0.1) is 38.0 Å². The van der Waals surface area contributed by atoms with Gasteiger partial charge in [-0.2, -0.15) is 0 Å². The fourth-order valence-corrected chi connectivity index (χ4v) is 12.4. The van der Waals surface area contributed by atoms with Crippen molar-refractivity contribution < 1.29 is 122 Å². The molecule has 618 valence electrons. The summed E-state index contributed by atoms with van der Waals surface area (Å²) in [4.78, 5) is 188. The second kappa shape index (κ2) is 42.5. The van der Waals surface area contributed by atoms with Gasteiger partial charge in [-0.3, -0.25) is 57.5 Å². The van der Waals surface area contributed by atoms with Crippen LogP contribution in [0.2, 0.25) is 0 Å². The Morgan fingerprint density at radius 3 is 1.97 bits per heavy atom. The highest BCUT2D eigenvalue weighted by atomic mass is 16.7. The number of aliphatic hydroxyl groups excluding tert-OH is 6. The molecule has 110 heavy (non-hydrogen) atoms. The van der Waals surface area contributed by atoms with Gasteiger partial charge in [-0.1, -0.05) is 83.9 Å². The molecule has 38 nitrogen and oxygen atoms in total. The number of cyclic esters (lactones) is 1. The third kappa shape index (κ3) is 25.3. The third-order valence-electron chi connectivity index (χ3n) is 19.6. The number of ether oxygens (including phenoxy) is 5. The fourth-order valence-electron chi connectivity index (χ4n) is 12.4. The summed E-state index contributed by atoms with van der Waals surface area (Å²) in [6, 6.07) is -12.3. The first-order valence-electron chi connectivity index (χ1n) is 36.5. The number of hydrogen-bond acceptors (Lipinski definition) is 26. The van der Waals surface area contributed by atoms with E-state index < -0.39 is 242 Å². The molecule has 0 bridgehead atoms. The number of hydrogen-bond donors (Lipinski definition) is 18. The predicted octanol–water partition coefficient (Wildman–Crippen LogP) is -5.81. The minimum Gasteiger partial charge on any atom is -0.462 e. The predicted molar refractivity (Wildman–Crippen MR) is 390 cm³/mol. The summed E-state index contributed by atoms with van der Waals surface area (Å²) in [5, 5.41) is 96.6. The molecule has 0 spiro atoms. The van der Waals surface area contributed by atoms with Crippen LogP contribution in [0.25, 0.3) is 0 Å². The van der Waals surface area contributed by atoms with Gasteiger partial charge in [0.2, 0.25) is 71.3 Å². The summed E-state index contributed by atoms with van der Waals surface area (Å²) in [6.07, 6.45) is -9.99. The third-order valence-corrected chi connectivity index (χ3v) is 19.6. The van der Waals surface area contributed by atoms with E-state index in [-0.39, 0.29) is 43.0 Å². The van der Waals surface area contributed by atoms with Crippen LogP contribution in [0.4, 0.5) is 0 Å². The van der Waals surface area contributed by atoms with E-state index in [1.54, 1.807) is 6.92 Å². The highest BCUT2D eigenvalue weighted by Gasteiger charge is 2.49. The molecule has 0 saturated carbocycles. The summed E-state index contributed by atoms with van der Waals surface area (Å²) in [5.41, 5.74) is 10.5. The zero-order valence-corrected chi connectivity index (χ0v) is 65.1. The first-order chi connectivity index (χ1) is 51.4. The molecule has 0 aromatic heterocycles. The van der Waals surface area contributed by atoms with Crippen LogP contribution in [0.5, 0.6) is 5.75 Å². The van der Waals surface area contributed by atoms with Gasteiger partial charge in [-0.25, -0.2) is 4.79 Å². The standard InChI is InChI=1S/C72H115N13O25/c1-17-33(4)28-34(5)21-26-46(88)72(13,105)71(104)76-30-48(90)79-51(39(10)86)64(98)81-50(37(8)73)63(97)80-49(35(6)36(7)60(74)94)62(96)82-52-58(32(2)3)110-69(103)45-20-18-19-27-85(45)68(102)53(59(107-16)42-22-24-43(25-23-42)109-70-57(93)56(92)55(91)41(12)108-70)83-66(100)54(40(11)87)84(14)67(101)38(9)77-47(89)29-75-61(95)44(31-106-15)78-65(52)99/h21-26,28,32-33,35-41,44-46,49-59,70,86-88,91-93,105H,17-20,27,29-31,73H2,1-16H3,(H2,74,94)(H,75,95)(H,76,104)(H,77,89)(H,78,99)(H,79,90)(H,80,97)(H,81,98)(H,82,96)(H,83,100)/b26-21-,34-28+/t33?,35-,36+,37+,38-,39+,40+,41-,44+,45-,46?,49-,50-,51-,52+,53+,54-,55-,56+,57+,58+,59+,70?,72?/m0/s1. The van der Waals surface area contributed by atoms with Crippen molar-refractivity contribution in [2.75, 3.05) is 47.5 Å². The first-order valence-corrected chi connectivity index (χ1v) is 36.5. The number of nitrogens with two attached hydrogens (primary N) is 2. The number of fused-ring (bicyclic) bond motifs is 1. The molecule has 3 aliphatic heterocycles. The monoisotopic (exact) mass is 1560 g/mol. The number of carbonyl (C=O) groups is 13. The molecule has 3 heterocycles. The average molecular weight is 1560 g/mol. The molecule has 3 saturated heterocycles. The summed E-state index contributed by atoms with van der Waals surface area (Å²) in [5.74, 6) is -18.3. The SMILES string of the molecule is CCC(C)/C=C(C)/C=C\C(O)C(C)(O)C(=O)NCC(=O)N[C@H](C(=O)N[C@H](C(=O)N[C@H](C(=O)N[C@H]1C(=O)N[C@H](COC)C(=O)NCC(=O)N[C@@H](C)C(=O)N(C)[C@@H]([C@@H](C)O)C(=O)N[C@H]([C@H](OC)c2ccc(OC3O[C@@H](C)[C@H](O)[C@@H](O)[C@H]3O)cc2)C(=O)N2CCCC[C@H]2C(=O)O[C@@H]1C(C)C)[C@@H](C)[C@@H](C)C(N)=O)[C@@H](C)N)[C@@H](C)O. The number of aliphatic hydroxyl groups is 7. The summed E-state index contributed by atoms with van der Waals surface area (Å²) < 4.78 is 28.9. The average Bonchev–Trinajstić information content (AvgIpc) is 0.792. The van der Waals surface area contributed by atoms with Crippen molar-refractivity contribution in [3.8, 4) is 5.75 Å². The van der Waals surface area contributed by atoms with Crippen molar-refractivity contribution in [1.82, 2.24) is 57.7 Å². The number of amides is 12. The molecule has 38 heteroatoms. The summed E-state index contributed by atoms with van der Waals surface area (Å²) in [6.45, 7) is 15.8. The van der Waals surface area contributed by atoms with E-state index in [1.165, 1.54) is 98.9 Å². The van der Waals surface area contributed by atoms with Crippen LogP contribution in [0.3, 0.4) is 0 Å². The van der Waals surface area contributed by atoms with Gasteiger partial charge >= 0.3 is 5.97 Å². The molecule has 0 aliphatic carbocycles. The van der Waals surface area contributed by atoms with E-state index in [4.69, 9.17) is 35.2 Å². The van der Waals surface area contributed by atoms with E-state index >= 15 is 19.2 Å². The molecule has 4 unspecified atom stereocenters. The normalized spacial score (nSPS) is 27.5. The number of nitrogens with one attached hydrogen (secondary N) is 9. The molecule has 4 rings (SSSR count). The van der Waals surface area contributed by atoms with Crippen LogP contribution >= 0.6 is 0 Å². The molecule has 24 atom stereocenters. The zero-order valence-electron chi connectivity index (χ0n) is 65.1. The van der Waals surface area contributed by atoms with E-state index in [1.807, 2.05) is 19.9 Å². The number of methoxy groups -OCH3 is 2. The lowest BCUT2D eigenvalue weighted by atomic mass is 9.87. The maximum Gasteiger partial charge on any atom is 0.329 e. The topological polar surface area (TPSA) is 576 Å². The number of rotatable bonds is 29. The molecule has 1 aromatic rings. The molecular formula is C72H115N13O25.